The van der Waals surface area contributed by atoms with Crippen molar-refractivity contribution in [3.8, 4) is 0 Å². The number of nitrogens with zero attached hydrogens (tertiary/aromatic N) is 2. The molecule has 1 amide bonds. The molecule has 170 valence electrons. The van der Waals surface area contributed by atoms with Gasteiger partial charge in [0.05, 0.1) is 0 Å². The number of alkyl halides is 2. The summed E-state index contributed by atoms with van der Waals surface area (Å²) in [5.41, 5.74) is 1.63. The first-order chi connectivity index (χ1) is 14.1. The fraction of sp³-hybridized carbons (Fsp3) is 0.696. The standard InChI is InChI=1S/C23H37Cl2N3O2/c1-22(2)16-19(17-23(3,4)28(22)30)26-21(29)7-5-6-18-8-10-20(11-9-18)27(14-12-24)15-13-25/h8-11,19,30H,5-7,12-17H2,1-4H3,(H,26,29). The van der Waals surface area contributed by atoms with Gasteiger partial charge in [-0.15, -0.1) is 23.2 Å². The van der Waals surface area contributed by atoms with Crippen LogP contribution >= 0.6 is 23.2 Å². The Morgan fingerprint density at radius 2 is 1.63 bits per heavy atom. The summed E-state index contributed by atoms with van der Waals surface area (Å²) in [6.45, 7) is 9.60. The van der Waals surface area contributed by atoms with Gasteiger partial charge in [0.25, 0.3) is 0 Å². The van der Waals surface area contributed by atoms with Gasteiger partial charge < -0.3 is 15.4 Å². The van der Waals surface area contributed by atoms with Gasteiger partial charge in [-0.2, -0.15) is 5.06 Å². The third-order valence-electron chi connectivity index (χ3n) is 5.88. The van der Waals surface area contributed by atoms with Gasteiger partial charge in [-0.3, -0.25) is 4.79 Å². The van der Waals surface area contributed by atoms with E-state index >= 15 is 0 Å². The Hall–Kier alpha value is -1.01. The van der Waals surface area contributed by atoms with E-state index in [0.717, 1.165) is 44.5 Å². The largest absolute Gasteiger partial charge is 0.369 e. The van der Waals surface area contributed by atoms with Gasteiger partial charge in [0.1, 0.15) is 0 Å². The second kappa shape index (κ2) is 11.0. The van der Waals surface area contributed by atoms with E-state index in [1.54, 1.807) is 0 Å². The van der Waals surface area contributed by atoms with Crippen LogP contribution in [-0.4, -0.2) is 58.1 Å². The van der Waals surface area contributed by atoms with Crippen molar-refractivity contribution in [2.45, 2.75) is 76.9 Å². The predicted octanol–water partition coefficient (Wildman–Crippen LogP) is 4.82. The average molecular weight is 458 g/mol. The minimum atomic E-state index is -0.359. The third kappa shape index (κ3) is 7.01. The van der Waals surface area contributed by atoms with Crippen LogP contribution in [0.25, 0.3) is 0 Å². The molecule has 7 heteroatoms. The first-order valence-electron chi connectivity index (χ1n) is 10.8. The van der Waals surface area contributed by atoms with Crippen LogP contribution in [0.1, 0.15) is 58.9 Å². The summed E-state index contributed by atoms with van der Waals surface area (Å²) in [5, 5.41) is 15.0. The van der Waals surface area contributed by atoms with Gasteiger partial charge in [-0.1, -0.05) is 12.1 Å². The lowest BCUT2D eigenvalue weighted by Crippen LogP contribution is -2.62. The van der Waals surface area contributed by atoms with E-state index in [-0.39, 0.29) is 23.0 Å². The van der Waals surface area contributed by atoms with Crippen molar-refractivity contribution in [3.05, 3.63) is 29.8 Å². The van der Waals surface area contributed by atoms with Gasteiger partial charge in [-0.05, 0) is 71.1 Å². The summed E-state index contributed by atoms with van der Waals surface area (Å²) < 4.78 is 0. The van der Waals surface area contributed by atoms with E-state index in [1.165, 1.54) is 10.6 Å². The molecule has 0 saturated carbocycles. The topological polar surface area (TPSA) is 55.8 Å². The lowest BCUT2D eigenvalue weighted by molar-refractivity contribution is -0.246. The lowest BCUT2D eigenvalue weighted by atomic mass is 9.79. The van der Waals surface area contributed by atoms with Crippen LogP contribution in [-0.2, 0) is 11.2 Å². The molecule has 1 fully saturated rings. The minimum Gasteiger partial charge on any atom is -0.369 e. The summed E-state index contributed by atoms with van der Waals surface area (Å²) in [7, 11) is 0. The van der Waals surface area contributed by atoms with Crippen LogP contribution in [0, 0.1) is 0 Å². The molecule has 5 nitrogen and oxygen atoms in total. The number of nitrogens with one attached hydrogen (secondary N) is 1. The molecule has 2 N–H and O–H groups in total. The number of amides is 1. The van der Waals surface area contributed by atoms with Crippen LogP contribution in [0.2, 0.25) is 0 Å². The van der Waals surface area contributed by atoms with Gasteiger partial charge in [0, 0.05) is 54.1 Å². The number of hydrogen-bond donors (Lipinski definition) is 2. The smallest absolute Gasteiger partial charge is 0.220 e. The Bertz CT molecular complexity index is 656. The minimum absolute atomic E-state index is 0.0834. The van der Waals surface area contributed by atoms with Crippen molar-refractivity contribution >= 4 is 34.8 Å². The molecule has 30 heavy (non-hydrogen) atoms. The average Bonchev–Trinajstić information content (AvgIpc) is 2.66. The monoisotopic (exact) mass is 457 g/mol. The number of aryl methyl sites for hydroxylation is 1. The van der Waals surface area contributed by atoms with Gasteiger partial charge in [0.15, 0.2) is 0 Å². The first kappa shape index (κ1) is 25.3. The molecule has 1 aliphatic rings. The van der Waals surface area contributed by atoms with Crippen LogP contribution < -0.4 is 10.2 Å². The molecule has 0 radical (unpaired) electrons. The van der Waals surface area contributed by atoms with E-state index < -0.39 is 0 Å². The van der Waals surface area contributed by atoms with Crippen molar-refractivity contribution in [1.29, 1.82) is 0 Å². The summed E-state index contributed by atoms with van der Waals surface area (Å²) in [6.07, 6.45) is 3.66. The van der Waals surface area contributed by atoms with Crippen molar-refractivity contribution in [2.75, 3.05) is 29.7 Å². The van der Waals surface area contributed by atoms with Gasteiger partial charge in [0.2, 0.25) is 5.91 Å². The maximum atomic E-state index is 12.5. The fourth-order valence-electron chi connectivity index (χ4n) is 4.57. The van der Waals surface area contributed by atoms with Crippen LogP contribution in [0.5, 0.6) is 0 Å². The molecule has 0 bridgehead atoms. The first-order valence-corrected chi connectivity index (χ1v) is 11.9. The molecule has 0 unspecified atom stereocenters. The summed E-state index contributed by atoms with van der Waals surface area (Å²) >= 11 is 11.8. The number of hydroxylamine groups is 2. The second-order valence-electron chi connectivity index (χ2n) is 9.49. The number of hydrogen-bond acceptors (Lipinski definition) is 4. The third-order valence-corrected chi connectivity index (χ3v) is 6.22. The molecule has 2 rings (SSSR count). The molecular formula is C23H37Cl2N3O2. The van der Waals surface area contributed by atoms with E-state index in [1.807, 2.05) is 27.7 Å². The highest BCUT2D eigenvalue weighted by Gasteiger charge is 2.45. The molecule has 1 aromatic carbocycles. The molecule has 1 aliphatic heterocycles. The normalized spacial score (nSPS) is 18.9. The SMILES string of the molecule is CC1(C)CC(NC(=O)CCCc2ccc(N(CCCl)CCCl)cc2)CC(C)(C)N1O. The molecule has 0 atom stereocenters. The fourth-order valence-corrected chi connectivity index (χ4v) is 4.98. The van der Waals surface area contributed by atoms with Crippen molar-refractivity contribution < 1.29 is 10.0 Å². The zero-order chi connectivity index (χ0) is 22.4. The Kier molecular flexibility index (Phi) is 9.29. The zero-order valence-electron chi connectivity index (χ0n) is 18.8. The zero-order valence-corrected chi connectivity index (χ0v) is 20.3. The van der Waals surface area contributed by atoms with Crippen LogP contribution in [0.3, 0.4) is 0 Å². The molecule has 0 spiro atoms. The quantitative estimate of drug-likeness (QED) is 0.494. The molecule has 1 heterocycles. The summed E-state index contributed by atoms with van der Waals surface area (Å²) in [4.78, 5) is 14.7. The number of carbonyl (C=O) groups excluding carboxylic acids is 1. The maximum Gasteiger partial charge on any atom is 0.220 e. The second-order valence-corrected chi connectivity index (χ2v) is 10.3. The molecule has 1 saturated heterocycles. The van der Waals surface area contributed by atoms with E-state index in [0.29, 0.717) is 18.2 Å². The lowest BCUT2D eigenvalue weighted by Gasteiger charge is -2.51. The highest BCUT2D eigenvalue weighted by atomic mass is 35.5. The van der Waals surface area contributed by atoms with Crippen LogP contribution in [0.4, 0.5) is 5.69 Å². The Balaban J connectivity index is 1.80. The summed E-state index contributed by atoms with van der Waals surface area (Å²) in [6, 6.07) is 8.51. The number of piperidine rings is 1. The maximum absolute atomic E-state index is 12.5. The van der Waals surface area contributed by atoms with Gasteiger partial charge in [-0.25, -0.2) is 0 Å². The highest BCUT2D eigenvalue weighted by molar-refractivity contribution is 6.18. The molecular weight excluding hydrogens is 421 g/mol. The van der Waals surface area contributed by atoms with Gasteiger partial charge >= 0.3 is 0 Å². The molecule has 0 aromatic heterocycles. The Morgan fingerprint density at radius 1 is 1.10 bits per heavy atom. The number of benzene rings is 1. The highest BCUT2D eigenvalue weighted by Crippen LogP contribution is 2.36. The van der Waals surface area contributed by atoms with Crippen molar-refractivity contribution in [3.63, 3.8) is 0 Å². The number of halogens is 2. The Morgan fingerprint density at radius 3 is 2.13 bits per heavy atom. The molecule has 0 aliphatic carbocycles. The molecule has 1 aromatic rings. The summed E-state index contributed by atoms with van der Waals surface area (Å²) in [5.74, 6) is 1.23. The van der Waals surface area contributed by atoms with Crippen LogP contribution in [0.15, 0.2) is 24.3 Å². The Labute approximate surface area is 191 Å². The number of anilines is 1. The van der Waals surface area contributed by atoms with E-state index in [9.17, 15) is 10.0 Å². The number of rotatable bonds is 10. The van der Waals surface area contributed by atoms with Crippen molar-refractivity contribution in [1.82, 2.24) is 10.4 Å². The van der Waals surface area contributed by atoms with E-state index in [4.69, 9.17) is 23.2 Å². The van der Waals surface area contributed by atoms with E-state index in [2.05, 4.69) is 34.5 Å². The predicted molar refractivity (Wildman–Crippen MR) is 126 cm³/mol. The number of carbonyl (C=O) groups is 1. The van der Waals surface area contributed by atoms with Crippen molar-refractivity contribution in [2.24, 2.45) is 0 Å².